The van der Waals surface area contributed by atoms with Crippen molar-refractivity contribution in [3.63, 3.8) is 0 Å². The fraction of sp³-hybridized carbons (Fsp3) is 0.111. The quantitative estimate of drug-likeness (QED) is 0.701. The molecule has 1 aliphatic heterocycles. The Morgan fingerprint density at radius 2 is 1.69 bits per heavy atom. The second-order valence-electron chi connectivity index (χ2n) is 5.50. The first-order valence-corrected chi connectivity index (χ1v) is 8.27. The molecule has 26 heavy (non-hydrogen) atoms. The van der Waals surface area contributed by atoms with Gasteiger partial charge in [-0.15, -0.1) is 0 Å². The van der Waals surface area contributed by atoms with Gasteiger partial charge in [-0.2, -0.15) is 4.98 Å². The third-order valence-electron chi connectivity index (χ3n) is 3.65. The van der Waals surface area contributed by atoms with E-state index < -0.39 is 5.82 Å². The number of hydrogen-bond donors (Lipinski definition) is 2. The van der Waals surface area contributed by atoms with Crippen LogP contribution in [0.1, 0.15) is 0 Å². The van der Waals surface area contributed by atoms with Gasteiger partial charge in [0.1, 0.15) is 24.8 Å². The van der Waals surface area contributed by atoms with Gasteiger partial charge in [-0.05, 0) is 36.4 Å². The Morgan fingerprint density at radius 1 is 0.923 bits per heavy atom. The van der Waals surface area contributed by atoms with Gasteiger partial charge in [-0.3, -0.25) is 0 Å². The summed E-state index contributed by atoms with van der Waals surface area (Å²) in [6, 6.07) is 11.6. The van der Waals surface area contributed by atoms with Crippen LogP contribution in [0.2, 0.25) is 5.02 Å². The third kappa shape index (κ3) is 3.62. The first-order chi connectivity index (χ1) is 12.7. The van der Waals surface area contributed by atoms with Gasteiger partial charge in [0.15, 0.2) is 11.5 Å². The van der Waals surface area contributed by atoms with Gasteiger partial charge in [0, 0.05) is 23.6 Å². The molecule has 1 aromatic heterocycles. The van der Waals surface area contributed by atoms with Crippen LogP contribution in [0.4, 0.5) is 27.5 Å². The van der Waals surface area contributed by atoms with Crippen molar-refractivity contribution in [2.75, 3.05) is 23.8 Å². The zero-order chi connectivity index (χ0) is 17.9. The van der Waals surface area contributed by atoms with E-state index in [1.54, 1.807) is 18.3 Å². The van der Waals surface area contributed by atoms with Crippen LogP contribution in [-0.2, 0) is 0 Å². The molecule has 0 radical (unpaired) electrons. The molecule has 3 aromatic rings. The highest BCUT2D eigenvalue weighted by Crippen LogP contribution is 2.33. The summed E-state index contributed by atoms with van der Waals surface area (Å²) in [5.41, 5.74) is 1.40. The molecule has 4 rings (SSSR count). The van der Waals surface area contributed by atoms with E-state index in [1.807, 2.05) is 18.2 Å². The molecule has 0 unspecified atom stereocenters. The van der Waals surface area contributed by atoms with Crippen molar-refractivity contribution in [2.24, 2.45) is 0 Å². The number of ether oxygens (including phenoxy) is 2. The van der Waals surface area contributed by atoms with Gasteiger partial charge in [0.2, 0.25) is 5.95 Å². The van der Waals surface area contributed by atoms with Gasteiger partial charge in [-0.25, -0.2) is 9.37 Å². The summed E-state index contributed by atoms with van der Waals surface area (Å²) in [6.45, 7) is 1.08. The van der Waals surface area contributed by atoms with E-state index in [9.17, 15) is 4.39 Å². The zero-order valence-electron chi connectivity index (χ0n) is 13.5. The van der Waals surface area contributed by atoms with E-state index in [4.69, 9.17) is 21.1 Å². The summed E-state index contributed by atoms with van der Waals surface area (Å²) < 4.78 is 24.3. The fourth-order valence-corrected chi connectivity index (χ4v) is 2.64. The number of hydrogen-bond acceptors (Lipinski definition) is 6. The Bertz CT molecular complexity index is 954. The molecule has 0 fully saturated rings. The molecule has 0 saturated carbocycles. The zero-order valence-corrected chi connectivity index (χ0v) is 14.3. The average Bonchev–Trinajstić information content (AvgIpc) is 2.65. The summed E-state index contributed by atoms with van der Waals surface area (Å²) >= 11 is 5.79. The molecule has 132 valence electrons. The first kappa shape index (κ1) is 16.4. The minimum absolute atomic E-state index is 0.0283. The molecule has 0 bridgehead atoms. The number of nitrogens with zero attached hydrogens (tertiary/aromatic N) is 2. The highest BCUT2D eigenvalue weighted by atomic mass is 35.5. The normalized spacial score (nSPS) is 12.5. The number of halogens is 2. The number of benzene rings is 2. The molecule has 0 aliphatic carbocycles. The second kappa shape index (κ2) is 7.05. The van der Waals surface area contributed by atoms with Crippen LogP contribution >= 0.6 is 11.6 Å². The Kier molecular flexibility index (Phi) is 4.45. The number of aromatic nitrogens is 2. The summed E-state index contributed by atoms with van der Waals surface area (Å²) in [6.07, 6.45) is 1.61. The molecule has 0 spiro atoms. The molecule has 0 amide bonds. The molecule has 2 aromatic carbocycles. The largest absolute Gasteiger partial charge is 0.486 e. The van der Waals surface area contributed by atoms with Crippen LogP contribution < -0.4 is 20.1 Å². The van der Waals surface area contributed by atoms with Crippen LogP contribution in [0, 0.1) is 5.82 Å². The molecular weight excluding hydrogens is 359 g/mol. The number of nitrogens with one attached hydrogen (secondary N) is 2. The Morgan fingerprint density at radius 3 is 2.54 bits per heavy atom. The number of anilines is 4. The van der Waals surface area contributed by atoms with E-state index in [-0.39, 0.29) is 5.02 Å². The van der Waals surface area contributed by atoms with Crippen molar-refractivity contribution in [1.29, 1.82) is 0 Å². The van der Waals surface area contributed by atoms with Gasteiger partial charge >= 0.3 is 0 Å². The maximum absolute atomic E-state index is 13.2. The van der Waals surface area contributed by atoms with Gasteiger partial charge in [-0.1, -0.05) is 11.6 Å². The minimum Gasteiger partial charge on any atom is -0.486 e. The highest BCUT2D eigenvalue weighted by molar-refractivity contribution is 6.31. The maximum atomic E-state index is 13.2. The molecule has 0 atom stereocenters. The van der Waals surface area contributed by atoms with Gasteiger partial charge in [0.25, 0.3) is 0 Å². The SMILES string of the molecule is Fc1ccc(Nc2nccc(Nc3ccc4c(c3)OCCO4)n2)cc1Cl. The van der Waals surface area contributed by atoms with Crippen LogP contribution in [0.25, 0.3) is 0 Å². The fourth-order valence-electron chi connectivity index (χ4n) is 2.46. The van der Waals surface area contributed by atoms with Crippen molar-refractivity contribution < 1.29 is 13.9 Å². The van der Waals surface area contributed by atoms with Crippen molar-refractivity contribution in [1.82, 2.24) is 9.97 Å². The summed E-state index contributed by atoms with van der Waals surface area (Å²) in [4.78, 5) is 8.54. The Balaban J connectivity index is 1.51. The predicted octanol–water partition coefficient (Wildman–Crippen LogP) is 4.53. The molecule has 8 heteroatoms. The molecule has 0 saturated heterocycles. The lowest BCUT2D eigenvalue weighted by molar-refractivity contribution is 0.171. The molecule has 1 aliphatic rings. The predicted molar refractivity (Wildman–Crippen MR) is 97.4 cm³/mol. The molecular formula is C18H14ClFN4O2. The lowest BCUT2D eigenvalue weighted by Crippen LogP contribution is -2.15. The minimum atomic E-state index is -0.479. The van der Waals surface area contributed by atoms with E-state index in [0.29, 0.717) is 36.4 Å². The summed E-state index contributed by atoms with van der Waals surface area (Å²) in [5, 5.41) is 6.21. The lowest BCUT2D eigenvalue weighted by Gasteiger charge is -2.19. The van der Waals surface area contributed by atoms with E-state index in [0.717, 1.165) is 11.4 Å². The first-order valence-electron chi connectivity index (χ1n) is 7.89. The average molecular weight is 373 g/mol. The van der Waals surface area contributed by atoms with Crippen molar-refractivity contribution >= 4 is 34.7 Å². The molecule has 2 heterocycles. The van der Waals surface area contributed by atoms with Crippen molar-refractivity contribution in [3.8, 4) is 11.5 Å². The molecule has 2 N–H and O–H groups in total. The summed E-state index contributed by atoms with van der Waals surface area (Å²) in [7, 11) is 0. The van der Waals surface area contributed by atoms with E-state index in [1.165, 1.54) is 12.1 Å². The number of fused-ring (bicyclic) bond motifs is 1. The molecule has 6 nitrogen and oxygen atoms in total. The van der Waals surface area contributed by atoms with E-state index >= 15 is 0 Å². The monoisotopic (exact) mass is 372 g/mol. The summed E-state index contributed by atoms with van der Waals surface area (Å²) in [5.74, 6) is 1.88. The van der Waals surface area contributed by atoms with Crippen LogP contribution in [0.3, 0.4) is 0 Å². The van der Waals surface area contributed by atoms with Crippen LogP contribution in [0.15, 0.2) is 48.7 Å². The van der Waals surface area contributed by atoms with Crippen molar-refractivity contribution in [2.45, 2.75) is 0 Å². The Hall–Kier alpha value is -3.06. The smallest absolute Gasteiger partial charge is 0.229 e. The van der Waals surface area contributed by atoms with Gasteiger partial charge < -0.3 is 20.1 Å². The lowest BCUT2D eigenvalue weighted by atomic mass is 10.2. The number of rotatable bonds is 4. The topological polar surface area (TPSA) is 68.3 Å². The van der Waals surface area contributed by atoms with Crippen LogP contribution in [0.5, 0.6) is 11.5 Å². The van der Waals surface area contributed by atoms with Crippen LogP contribution in [-0.4, -0.2) is 23.2 Å². The van der Waals surface area contributed by atoms with Gasteiger partial charge in [0.05, 0.1) is 5.02 Å². The van der Waals surface area contributed by atoms with Crippen molar-refractivity contribution in [3.05, 3.63) is 59.5 Å². The Labute approximate surface area is 154 Å². The standard InChI is InChI=1S/C18H14ClFN4O2/c19-13-9-11(1-3-14(13)20)23-18-21-6-5-17(24-18)22-12-2-4-15-16(10-12)26-8-7-25-15/h1-6,9-10H,7-8H2,(H2,21,22,23,24). The maximum Gasteiger partial charge on any atom is 0.229 e. The third-order valence-corrected chi connectivity index (χ3v) is 3.94. The second-order valence-corrected chi connectivity index (χ2v) is 5.91. The highest BCUT2D eigenvalue weighted by Gasteiger charge is 2.12. The van der Waals surface area contributed by atoms with E-state index in [2.05, 4.69) is 20.6 Å².